The molecular weight excluding hydrogens is 216 g/mol. The summed E-state index contributed by atoms with van der Waals surface area (Å²) < 4.78 is 0. The molecule has 1 amide bonds. The van der Waals surface area contributed by atoms with Gasteiger partial charge in [0.2, 0.25) is 0 Å². The van der Waals surface area contributed by atoms with Crippen molar-refractivity contribution in [3.63, 3.8) is 0 Å². The molecule has 0 saturated heterocycles. The summed E-state index contributed by atoms with van der Waals surface area (Å²) >= 11 is 0. The van der Waals surface area contributed by atoms with Crippen LogP contribution < -0.4 is 11.2 Å². The Morgan fingerprint density at radius 2 is 1.94 bits per heavy atom. The topological polar surface area (TPSA) is 64.3 Å². The molecule has 0 aliphatic heterocycles. The second-order valence-electron chi connectivity index (χ2n) is 4.98. The zero-order valence-corrected chi connectivity index (χ0v) is 10.6. The fourth-order valence-electron chi connectivity index (χ4n) is 1.24. The van der Waals surface area contributed by atoms with Crippen LogP contribution in [0.15, 0.2) is 30.3 Å². The zero-order valence-electron chi connectivity index (χ0n) is 10.6. The van der Waals surface area contributed by atoms with Crippen LogP contribution in [-0.2, 0) is 16.1 Å². The highest BCUT2D eigenvalue weighted by molar-refractivity contribution is 5.80. The lowest BCUT2D eigenvalue weighted by Crippen LogP contribution is -2.44. The van der Waals surface area contributed by atoms with Gasteiger partial charge in [0.25, 0.3) is 5.91 Å². The number of rotatable bonds is 4. The third kappa shape index (κ3) is 5.47. The Kier molecular flexibility index (Phi) is 4.66. The van der Waals surface area contributed by atoms with Gasteiger partial charge in [-0.25, -0.2) is 5.48 Å². The predicted molar refractivity (Wildman–Crippen MR) is 67.1 cm³/mol. The van der Waals surface area contributed by atoms with Crippen molar-refractivity contribution in [1.29, 1.82) is 0 Å². The van der Waals surface area contributed by atoms with Crippen molar-refractivity contribution in [2.24, 2.45) is 5.73 Å². The Balaban J connectivity index is 2.43. The van der Waals surface area contributed by atoms with E-state index in [1.54, 1.807) is 0 Å². The Labute approximate surface area is 102 Å². The van der Waals surface area contributed by atoms with Crippen LogP contribution >= 0.6 is 0 Å². The van der Waals surface area contributed by atoms with Crippen LogP contribution in [0.25, 0.3) is 0 Å². The molecule has 94 valence electrons. The normalized spacial score (nSPS) is 13.2. The molecule has 17 heavy (non-hydrogen) atoms. The van der Waals surface area contributed by atoms with Crippen molar-refractivity contribution in [2.75, 3.05) is 0 Å². The number of benzene rings is 1. The summed E-state index contributed by atoms with van der Waals surface area (Å²) in [7, 11) is 0. The molecule has 1 aromatic rings. The average Bonchev–Trinajstić information content (AvgIpc) is 2.26. The summed E-state index contributed by atoms with van der Waals surface area (Å²) in [6, 6.07) is 9.06. The highest BCUT2D eigenvalue weighted by atomic mass is 16.7. The lowest BCUT2D eigenvalue weighted by Gasteiger charge is -2.20. The van der Waals surface area contributed by atoms with Gasteiger partial charge in [-0.3, -0.25) is 9.63 Å². The number of carbonyl (C=O) groups excluding carboxylic acids is 1. The summed E-state index contributed by atoms with van der Waals surface area (Å²) in [5, 5.41) is 0. The summed E-state index contributed by atoms with van der Waals surface area (Å²) in [5.41, 5.74) is 8.78. The van der Waals surface area contributed by atoms with Crippen LogP contribution in [-0.4, -0.2) is 17.6 Å². The van der Waals surface area contributed by atoms with Crippen molar-refractivity contribution >= 4 is 5.91 Å². The van der Waals surface area contributed by atoms with Crippen LogP contribution in [0.4, 0.5) is 0 Å². The molecule has 4 heteroatoms. The molecule has 0 radical (unpaired) electrons. The van der Waals surface area contributed by atoms with Gasteiger partial charge in [0.1, 0.15) is 0 Å². The number of hydrogen-bond acceptors (Lipinski definition) is 3. The summed E-state index contributed by atoms with van der Waals surface area (Å²) in [5.74, 6) is -0.302. The van der Waals surface area contributed by atoms with Gasteiger partial charge in [0.15, 0.2) is 0 Å². The molecule has 1 atom stereocenters. The fraction of sp³-hybridized carbons (Fsp3) is 0.462. The molecule has 1 aromatic carbocycles. The minimum Gasteiger partial charge on any atom is -0.320 e. The SMILES string of the molecule is CC(C)(C)ONC(=O)[C@@H](N)Cc1ccccc1. The van der Waals surface area contributed by atoms with Gasteiger partial charge in [-0.2, -0.15) is 0 Å². The lowest BCUT2D eigenvalue weighted by atomic mass is 10.1. The number of hydrogen-bond donors (Lipinski definition) is 2. The third-order valence-corrected chi connectivity index (χ3v) is 2.09. The second-order valence-corrected chi connectivity index (χ2v) is 4.98. The van der Waals surface area contributed by atoms with Crippen molar-refractivity contribution < 1.29 is 9.63 Å². The van der Waals surface area contributed by atoms with E-state index in [1.165, 1.54) is 0 Å². The fourth-order valence-corrected chi connectivity index (χ4v) is 1.24. The van der Waals surface area contributed by atoms with Gasteiger partial charge >= 0.3 is 0 Å². The van der Waals surface area contributed by atoms with Crippen LogP contribution in [0.2, 0.25) is 0 Å². The maximum Gasteiger partial charge on any atom is 0.260 e. The molecule has 0 heterocycles. The molecule has 0 aliphatic rings. The predicted octanol–water partition coefficient (Wildman–Crippen LogP) is 1.40. The molecule has 0 unspecified atom stereocenters. The minimum absolute atomic E-state index is 0.302. The van der Waals surface area contributed by atoms with Crippen molar-refractivity contribution in [1.82, 2.24) is 5.48 Å². The molecule has 0 bridgehead atoms. The van der Waals surface area contributed by atoms with Gasteiger partial charge in [-0.05, 0) is 32.8 Å². The summed E-state index contributed by atoms with van der Waals surface area (Å²) in [6.45, 7) is 5.57. The van der Waals surface area contributed by atoms with Crippen LogP contribution in [0.3, 0.4) is 0 Å². The smallest absolute Gasteiger partial charge is 0.260 e. The molecule has 1 rings (SSSR count). The van der Waals surface area contributed by atoms with Crippen LogP contribution in [0, 0.1) is 0 Å². The molecular formula is C13H20N2O2. The molecule has 0 aromatic heterocycles. The van der Waals surface area contributed by atoms with Gasteiger partial charge in [0.05, 0.1) is 11.6 Å². The van der Waals surface area contributed by atoms with Gasteiger partial charge in [-0.1, -0.05) is 30.3 Å². The molecule has 0 spiro atoms. The number of nitrogens with one attached hydrogen (secondary N) is 1. The molecule has 0 aliphatic carbocycles. The van der Waals surface area contributed by atoms with Crippen molar-refractivity contribution in [2.45, 2.75) is 38.8 Å². The van der Waals surface area contributed by atoms with Gasteiger partial charge < -0.3 is 5.73 Å². The molecule has 4 nitrogen and oxygen atoms in total. The first-order valence-electron chi connectivity index (χ1n) is 5.66. The number of amides is 1. The first kappa shape index (κ1) is 13.7. The number of nitrogens with two attached hydrogens (primary N) is 1. The molecule has 3 N–H and O–H groups in total. The monoisotopic (exact) mass is 236 g/mol. The average molecular weight is 236 g/mol. The summed E-state index contributed by atoms with van der Waals surface area (Å²) in [6.07, 6.45) is 0.500. The summed E-state index contributed by atoms with van der Waals surface area (Å²) in [4.78, 5) is 16.8. The van der Waals surface area contributed by atoms with E-state index in [0.717, 1.165) is 5.56 Å². The van der Waals surface area contributed by atoms with E-state index in [2.05, 4.69) is 5.48 Å². The Morgan fingerprint density at radius 1 is 1.35 bits per heavy atom. The first-order valence-corrected chi connectivity index (χ1v) is 5.66. The lowest BCUT2D eigenvalue weighted by molar-refractivity contribution is -0.146. The van der Waals surface area contributed by atoms with E-state index in [0.29, 0.717) is 6.42 Å². The van der Waals surface area contributed by atoms with Crippen molar-refractivity contribution in [3.8, 4) is 0 Å². The number of carbonyl (C=O) groups is 1. The molecule has 0 saturated carbocycles. The van der Waals surface area contributed by atoms with E-state index >= 15 is 0 Å². The van der Waals surface area contributed by atoms with Crippen molar-refractivity contribution in [3.05, 3.63) is 35.9 Å². The van der Waals surface area contributed by atoms with Crippen LogP contribution in [0.1, 0.15) is 26.3 Å². The molecule has 0 fully saturated rings. The van der Waals surface area contributed by atoms with E-state index < -0.39 is 11.6 Å². The Hall–Kier alpha value is -1.39. The van der Waals surface area contributed by atoms with Gasteiger partial charge in [-0.15, -0.1) is 0 Å². The Bertz CT molecular complexity index is 357. The third-order valence-electron chi connectivity index (χ3n) is 2.09. The number of hydroxylamine groups is 1. The highest BCUT2D eigenvalue weighted by Gasteiger charge is 2.17. The highest BCUT2D eigenvalue weighted by Crippen LogP contribution is 2.05. The zero-order chi connectivity index (χ0) is 12.9. The quantitative estimate of drug-likeness (QED) is 0.777. The largest absolute Gasteiger partial charge is 0.320 e. The van der Waals surface area contributed by atoms with Crippen LogP contribution in [0.5, 0.6) is 0 Å². The first-order chi connectivity index (χ1) is 7.88. The standard InChI is InChI=1S/C13H20N2O2/c1-13(2,3)17-15-12(16)11(14)9-10-7-5-4-6-8-10/h4-8,11H,9,14H2,1-3H3,(H,15,16)/t11-/m0/s1. The van der Waals surface area contributed by atoms with E-state index in [4.69, 9.17) is 10.6 Å². The van der Waals surface area contributed by atoms with E-state index in [9.17, 15) is 4.79 Å². The van der Waals surface area contributed by atoms with E-state index in [-0.39, 0.29) is 5.91 Å². The Morgan fingerprint density at radius 3 is 2.47 bits per heavy atom. The maximum absolute atomic E-state index is 11.6. The maximum atomic E-state index is 11.6. The second kappa shape index (κ2) is 5.80. The minimum atomic E-state index is -0.597. The van der Waals surface area contributed by atoms with Gasteiger partial charge in [0, 0.05) is 0 Å². The van der Waals surface area contributed by atoms with E-state index in [1.807, 2.05) is 51.1 Å².